The molecule has 0 atom stereocenters. The van der Waals surface area contributed by atoms with Gasteiger partial charge in [0.05, 0.1) is 22.2 Å². The Morgan fingerprint density at radius 2 is 1.32 bits per heavy atom. The van der Waals surface area contributed by atoms with Gasteiger partial charge in [-0.3, -0.25) is 15.0 Å². The van der Waals surface area contributed by atoms with Crippen molar-refractivity contribution >= 4 is 38.7 Å². The van der Waals surface area contributed by atoms with Crippen molar-refractivity contribution in [2.45, 2.75) is 13.1 Å². The molecule has 3 N–H and O–H groups in total. The fraction of sp³-hybridized carbons (Fsp3) is 0.0541. The number of aromatic nitrogens is 5. The van der Waals surface area contributed by atoms with Gasteiger partial charge in [-0.1, -0.05) is 48.2 Å². The zero-order chi connectivity index (χ0) is 29.7. The van der Waals surface area contributed by atoms with Crippen LogP contribution in [0.5, 0.6) is 0 Å². The molecule has 7 rings (SSSR count). The first-order valence-corrected chi connectivity index (χ1v) is 14.1. The van der Waals surface area contributed by atoms with Gasteiger partial charge in [0.2, 0.25) is 5.95 Å². The van der Waals surface area contributed by atoms with Crippen molar-refractivity contribution in [2.75, 3.05) is 5.32 Å². The molecule has 0 fully saturated rings. The molecule has 3 aromatic carbocycles. The zero-order valence-corrected chi connectivity index (χ0v) is 23.6. The molecule has 208 valence electrons. The van der Waals surface area contributed by atoms with Crippen LogP contribution in [-0.2, 0) is 13.1 Å². The smallest absolute Gasteiger partial charge is 0.223 e. The van der Waals surface area contributed by atoms with Crippen molar-refractivity contribution in [3.8, 4) is 34.9 Å². The van der Waals surface area contributed by atoms with E-state index in [2.05, 4.69) is 67.1 Å². The normalized spacial score (nSPS) is 10.7. The molecule has 0 aliphatic heterocycles. The first kappa shape index (κ1) is 26.7. The van der Waals surface area contributed by atoms with E-state index in [4.69, 9.17) is 10.7 Å². The number of fused-ring (bicyclic) bond motifs is 3. The van der Waals surface area contributed by atoms with Crippen LogP contribution in [0.4, 0.5) is 5.95 Å². The quantitative estimate of drug-likeness (QED) is 0.237. The van der Waals surface area contributed by atoms with Crippen LogP contribution in [0.3, 0.4) is 0 Å². The molecule has 0 radical (unpaired) electrons. The van der Waals surface area contributed by atoms with E-state index in [9.17, 15) is 0 Å². The van der Waals surface area contributed by atoms with Crippen LogP contribution in [-0.4, -0.2) is 24.9 Å². The van der Waals surface area contributed by atoms with Crippen molar-refractivity contribution in [2.24, 2.45) is 5.73 Å². The van der Waals surface area contributed by atoms with Gasteiger partial charge in [0.15, 0.2) is 0 Å². The average molecular weight is 568 g/mol. The number of hydrogen-bond acceptors (Lipinski definition) is 7. The average Bonchev–Trinajstić information content (AvgIpc) is 3.08. The highest BCUT2D eigenvalue weighted by Crippen LogP contribution is 2.23. The molecule has 0 saturated carbocycles. The Kier molecular flexibility index (Phi) is 7.28. The summed E-state index contributed by atoms with van der Waals surface area (Å²) in [5.41, 5.74) is 14.1. The van der Waals surface area contributed by atoms with Gasteiger partial charge in [0, 0.05) is 70.7 Å². The predicted octanol–water partition coefficient (Wildman–Crippen LogP) is 6.26. The van der Waals surface area contributed by atoms with Crippen LogP contribution >= 0.6 is 0 Å². The molecule has 44 heavy (non-hydrogen) atoms. The highest BCUT2D eigenvalue weighted by Gasteiger charge is 2.06. The lowest BCUT2D eigenvalue weighted by molar-refractivity contribution is 1.06. The summed E-state index contributed by atoms with van der Waals surface area (Å²) in [5, 5.41) is 6.44. The molecule has 7 aromatic rings. The standard InChI is InChI=1S/C37H25N7/c38-21-25-7-9-30-16-26(22-41-35(30)18-25)4-1-2-5-27-17-31-10-8-28(19-36(31)42-23-27)24-43-37-40-15-13-34(44-37)32-11-12-33-29(20-32)6-3-14-39-33/h3,6-20,22-23H,21,24,38H2,(H,40,43,44). The van der Waals surface area contributed by atoms with Gasteiger partial charge in [0.1, 0.15) is 0 Å². The molecule has 0 saturated heterocycles. The lowest BCUT2D eigenvalue weighted by Crippen LogP contribution is -2.04. The van der Waals surface area contributed by atoms with Gasteiger partial charge in [-0.25, -0.2) is 9.97 Å². The predicted molar refractivity (Wildman–Crippen MR) is 175 cm³/mol. The van der Waals surface area contributed by atoms with Gasteiger partial charge in [-0.2, -0.15) is 0 Å². The van der Waals surface area contributed by atoms with Gasteiger partial charge >= 0.3 is 0 Å². The van der Waals surface area contributed by atoms with Gasteiger partial charge in [-0.15, -0.1) is 0 Å². The molecule has 7 nitrogen and oxygen atoms in total. The summed E-state index contributed by atoms with van der Waals surface area (Å²) < 4.78 is 0. The van der Waals surface area contributed by atoms with E-state index in [-0.39, 0.29) is 0 Å². The monoisotopic (exact) mass is 567 g/mol. The van der Waals surface area contributed by atoms with Crippen LogP contribution in [0.2, 0.25) is 0 Å². The van der Waals surface area contributed by atoms with E-state index >= 15 is 0 Å². The molecule has 0 bridgehead atoms. The largest absolute Gasteiger partial charge is 0.350 e. The number of nitrogens with one attached hydrogen (secondary N) is 1. The molecule has 0 amide bonds. The van der Waals surface area contributed by atoms with Crippen molar-refractivity contribution < 1.29 is 0 Å². The molecule has 0 spiro atoms. The van der Waals surface area contributed by atoms with Crippen molar-refractivity contribution in [1.82, 2.24) is 24.9 Å². The summed E-state index contributed by atoms with van der Waals surface area (Å²) in [6, 6.07) is 28.2. The Morgan fingerprint density at radius 3 is 2.07 bits per heavy atom. The number of pyridine rings is 3. The summed E-state index contributed by atoms with van der Waals surface area (Å²) >= 11 is 0. The van der Waals surface area contributed by atoms with Crippen LogP contribution < -0.4 is 11.1 Å². The summed E-state index contributed by atoms with van der Waals surface area (Å²) in [6.45, 7) is 1.06. The third kappa shape index (κ3) is 5.91. The van der Waals surface area contributed by atoms with E-state index in [1.54, 1.807) is 24.8 Å². The van der Waals surface area contributed by atoms with Crippen LogP contribution in [0.25, 0.3) is 44.0 Å². The second-order valence-corrected chi connectivity index (χ2v) is 10.2. The molecule has 7 heteroatoms. The van der Waals surface area contributed by atoms with Crippen molar-refractivity contribution in [3.05, 3.63) is 132 Å². The van der Waals surface area contributed by atoms with Gasteiger partial charge in [0.25, 0.3) is 0 Å². The number of nitrogens with two attached hydrogens (primary N) is 1. The minimum Gasteiger partial charge on any atom is -0.350 e. The van der Waals surface area contributed by atoms with E-state index < -0.39 is 0 Å². The van der Waals surface area contributed by atoms with Gasteiger partial charge < -0.3 is 11.1 Å². The van der Waals surface area contributed by atoms with Crippen molar-refractivity contribution in [1.29, 1.82) is 0 Å². The summed E-state index contributed by atoms with van der Waals surface area (Å²) in [6.07, 6.45) is 7.09. The molecule has 4 aromatic heterocycles. The maximum atomic E-state index is 5.72. The lowest BCUT2D eigenvalue weighted by atomic mass is 10.1. The van der Waals surface area contributed by atoms with E-state index in [1.165, 1.54) is 0 Å². The molecular formula is C37H25N7. The van der Waals surface area contributed by atoms with Crippen LogP contribution in [0, 0.1) is 23.7 Å². The van der Waals surface area contributed by atoms with Gasteiger partial charge in [-0.05, 0) is 71.5 Å². The Hall–Kier alpha value is -6.15. The molecule has 4 heterocycles. The third-order valence-electron chi connectivity index (χ3n) is 7.21. The maximum absolute atomic E-state index is 5.72. The lowest BCUT2D eigenvalue weighted by Gasteiger charge is -2.08. The Balaban J connectivity index is 1.02. The second kappa shape index (κ2) is 12.0. The first-order chi connectivity index (χ1) is 21.7. The maximum Gasteiger partial charge on any atom is 0.223 e. The first-order valence-electron chi connectivity index (χ1n) is 14.1. The van der Waals surface area contributed by atoms with Crippen molar-refractivity contribution in [3.63, 3.8) is 0 Å². The van der Waals surface area contributed by atoms with E-state index in [0.717, 1.165) is 66.2 Å². The number of nitrogens with zero attached hydrogens (tertiary/aromatic N) is 5. The molecule has 0 aliphatic rings. The summed E-state index contributed by atoms with van der Waals surface area (Å²) in [5.74, 6) is 12.6. The molecule has 0 unspecified atom stereocenters. The number of hydrogen-bond donors (Lipinski definition) is 2. The Labute approximate surface area is 254 Å². The Morgan fingerprint density at radius 1 is 0.614 bits per heavy atom. The number of anilines is 1. The zero-order valence-electron chi connectivity index (χ0n) is 23.6. The molecular weight excluding hydrogens is 542 g/mol. The second-order valence-electron chi connectivity index (χ2n) is 10.2. The highest BCUT2D eigenvalue weighted by molar-refractivity contribution is 5.84. The number of rotatable bonds is 5. The summed E-state index contributed by atoms with van der Waals surface area (Å²) in [4.78, 5) is 22.6. The third-order valence-corrected chi connectivity index (χ3v) is 7.21. The van der Waals surface area contributed by atoms with E-state index in [1.807, 2.05) is 66.7 Å². The molecule has 0 aliphatic carbocycles. The SMILES string of the molecule is NCc1ccc2cc(C#CC#Cc3cnc4cc(CNc5nccc(-c6ccc7ncccc7c6)n5)ccc4c3)cnc2c1. The summed E-state index contributed by atoms with van der Waals surface area (Å²) in [7, 11) is 0. The topological polar surface area (TPSA) is 102 Å². The van der Waals surface area contributed by atoms with Crippen LogP contribution in [0.1, 0.15) is 22.3 Å². The Bertz CT molecular complexity index is 2310. The van der Waals surface area contributed by atoms with Crippen LogP contribution in [0.15, 0.2) is 110 Å². The van der Waals surface area contributed by atoms with E-state index in [0.29, 0.717) is 19.0 Å². The minimum absolute atomic E-state index is 0.494. The fourth-order valence-electron chi connectivity index (χ4n) is 4.94. The fourth-order valence-corrected chi connectivity index (χ4v) is 4.94. The highest BCUT2D eigenvalue weighted by atomic mass is 15.1. The minimum atomic E-state index is 0.494. The number of benzene rings is 3.